The molecule has 6 atom stereocenters. The zero-order valence-electron chi connectivity index (χ0n) is 14.5. The Bertz CT molecular complexity index is 780. The molecule has 1 aromatic heterocycles. The highest BCUT2D eigenvalue weighted by molar-refractivity contribution is 5.96. The van der Waals surface area contributed by atoms with Gasteiger partial charge in [-0.15, -0.1) is 0 Å². The summed E-state index contributed by atoms with van der Waals surface area (Å²) >= 11 is 0. The van der Waals surface area contributed by atoms with Gasteiger partial charge in [-0.1, -0.05) is 18.6 Å². The maximum Gasteiger partial charge on any atom is 0.314 e. The Morgan fingerprint density at radius 1 is 1.32 bits per heavy atom. The first-order valence-corrected chi connectivity index (χ1v) is 9.04. The number of ketones is 1. The van der Waals surface area contributed by atoms with Crippen LogP contribution in [0.1, 0.15) is 49.9 Å². The zero-order chi connectivity index (χ0) is 17.4. The van der Waals surface area contributed by atoms with Gasteiger partial charge in [-0.05, 0) is 32.8 Å². The van der Waals surface area contributed by atoms with Crippen LogP contribution in [0.15, 0.2) is 35.2 Å². The molecule has 1 spiro atoms. The zero-order valence-corrected chi connectivity index (χ0v) is 14.5. The van der Waals surface area contributed by atoms with Gasteiger partial charge in [0.2, 0.25) is 6.29 Å². The van der Waals surface area contributed by atoms with Crippen molar-refractivity contribution in [2.24, 2.45) is 22.7 Å². The molecule has 1 saturated carbocycles. The Labute approximate surface area is 146 Å². The minimum Gasteiger partial charge on any atom is -0.472 e. The summed E-state index contributed by atoms with van der Waals surface area (Å²) in [5, 5.41) is 0. The van der Waals surface area contributed by atoms with Crippen LogP contribution in [0.2, 0.25) is 0 Å². The van der Waals surface area contributed by atoms with Gasteiger partial charge in [-0.25, -0.2) is 0 Å². The normalized spacial score (nSPS) is 46.8. The third kappa shape index (κ3) is 1.72. The minimum absolute atomic E-state index is 0.00451. The molecule has 0 N–H and O–H groups in total. The molecule has 132 valence electrons. The molecule has 1 aromatic rings. The lowest BCUT2D eigenvalue weighted by Gasteiger charge is -2.58. The first kappa shape index (κ1) is 15.4. The number of furan rings is 1. The lowest BCUT2D eigenvalue weighted by molar-refractivity contribution is -0.248. The lowest BCUT2D eigenvalue weighted by atomic mass is 9.46. The van der Waals surface area contributed by atoms with Crippen molar-refractivity contribution in [3.05, 3.63) is 36.3 Å². The number of allylic oxidation sites excluding steroid dienone is 1. The van der Waals surface area contributed by atoms with Crippen LogP contribution in [0, 0.1) is 22.7 Å². The van der Waals surface area contributed by atoms with E-state index in [-0.39, 0.29) is 29.0 Å². The molecule has 3 heterocycles. The monoisotopic (exact) mass is 342 g/mol. The van der Waals surface area contributed by atoms with Crippen LogP contribution in [-0.2, 0) is 14.3 Å². The molecule has 0 aromatic carbocycles. The van der Waals surface area contributed by atoms with Gasteiger partial charge in [-0.2, -0.15) is 0 Å². The summed E-state index contributed by atoms with van der Waals surface area (Å²) in [4.78, 5) is 25.5. The van der Waals surface area contributed by atoms with Crippen molar-refractivity contribution in [3.8, 4) is 0 Å². The maximum absolute atomic E-state index is 12.8. The van der Waals surface area contributed by atoms with Crippen LogP contribution in [0.3, 0.4) is 0 Å². The summed E-state index contributed by atoms with van der Waals surface area (Å²) in [6.07, 6.45) is 9.78. The quantitative estimate of drug-likeness (QED) is 0.478. The van der Waals surface area contributed by atoms with Crippen LogP contribution in [-0.4, -0.2) is 23.6 Å². The Kier molecular flexibility index (Phi) is 2.85. The van der Waals surface area contributed by atoms with Crippen LogP contribution < -0.4 is 0 Å². The molecule has 0 radical (unpaired) electrons. The molecule has 2 saturated heterocycles. The average Bonchev–Trinajstić information content (AvgIpc) is 3.14. The predicted octanol–water partition coefficient (Wildman–Crippen LogP) is 3.50. The molecule has 5 rings (SSSR count). The number of rotatable bonds is 3. The van der Waals surface area contributed by atoms with E-state index in [1.807, 2.05) is 13.8 Å². The number of fused-ring (bicyclic) bond motifs is 1. The van der Waals surface area contributed by atoms with Crippen molar-refractivity contribution < 1.29 is 23.5 Å². The topological polar surface area (TPSA) is 65.7 Å². The van der Waals surface area contributed by atoms with E-state index in [2.05, 4.69) is 12.2 Å². The summed E-state index contributed by atoms with van der Waals surface area (Å²) in [6, 6.07) is 1.70. The fourth-order valence-corrected chi connectivity index (χ4v) is 5.99. The van der Waals surface area contributed by atoms with Crippen LogP contribution in [0.4, 0.5) is 0 Å². The average molecular weight is 342 g/mol. The number of esters is 1. The maximum atomic E-state index is 12.8. The summed E-state index contributed by atoms with van der Waals surface area (Å²) in [5.74, 6) is -0.0387. The molecule has 3 bridgehead atoms. The molecule has 2 aliphatic carbocycles. The van der Waals surface area contributed by atoms with Crippen molar-refractivity contribution >= 4 is 11.8 Å². The standard InChI is InChI=1S/C20H22O5/c1-18-6-3-7-20-14(18)4-8-19(2,25-17(20)24-16(18)22)15(20)10-13(21)12-5-9-23-11-12/h4-5,8-9,11,14-15,17H,3,6-7,10H2,1-2H3/t14-,15-,17-,18-,19-,20+/m0/s1. The van der Waals surface area contributed by atoms with Gasteiger partial charge in [0, 0.05) is 23.7 Å². The van der Waals surface area contributed by atoms with Crippen molar-refractivity contribution in [1.82, 2.24) is 0 Å². The summed E-state index contributed by atoms with van der Waals surface area (Å²) < 4.78 is 17.1. The number of hydrogen-bond donors (Lipinski definition) is 0. The first-order chi connectivity index (χ1) is 11.9. The molecule has 0 unspecified atom stereocenters. The van der Waals surface area contributed by atoms with Gasteiger partial charge in [0.1, 0.15) is 6.26 Å². The van der Waals surface area contributed by atoms with E-state index >= 15 is 0 Å². The van der Waals surface area contributed by atoms with E-state index < -0.39 is 17.3 Å². The van der Waals surface area contributed by atoms with E-state index in [1.54, 1.807) is 6.07 Å². The molecular formula is C20H22O5. The molecule has 2 aliphatic heterocycles. The van der Waals surface area contributed by atoms with Gasteiger partial charge in [-0.3, -0.25) is 9.59 Å². The van der Waals surface area contributed by atoms with Crippen molar-refractivity contribution in [3.63, 3.8) is 0 Å². The minimum atomic E-state index is -0.580. The van der Waals surface area contributed by atoms with E-state index in [0.717, 1.165) is 19.3 Å². The largest absolute Gasteiger partial charge is 0.472 e. The number of carbonyl (C=O) groups excluding carboxylic acids is 2. The molecule has 0 amide bonds. The molecule has 5 nitrogen and oxygen atoms in total. The summed E-state index contributed by atoms with van der Waals surface area (Å²) in [5.41, 5.74) is -0.806. The van der Waals surface area contributed by atoms with Crippen molar-refractivity contribution in [1.29, 1.82) is 0 Å². The molecule has 25 heavy (non-hydrogen) atoms. The molecular weight excluding hydrogens is 320 g/mol. The highest BCUT2D eigenvalue weighted by Gasteiger charge is 2.74. The van der Waals surface area contributed by atoms with E-state index in [1.165, 1.54) is 12.5 Å². The number of Topliss-reactive ketones (excluding diaryl/α,β-unsaturated/α-hetero) is 1. The first-order valence-electron chi connectivity index (χ1n) is 9.04. The molecule has 5 heteroatoms. The van der Waals surface area contributed by atoms with Gasteiger partial charge < -0.3 is 13.9 Å². The number of carbonyl (C=O) groups is 2. The molecule has 3 fully saturated rings. The fourth-order valence-electron chi connectivity index (χ4n) is 5.99. The van der Waals surface area contributed by atoms with Crippen LogP contribution in [0.25, 0.3) is 0 Å². The van der Waals surface area contributed by atoms with Crippen LogP contribution in [0.5, 0.6) is 0 Å². The van der Waals surface area contributed by atoms with Gasteiger partial charge in [0.15, 0.2) is 5.78 Å². The highest BCUT2D eigenvalue weighted by atomic mass is 16.7. The number of hydrogen-bond acceptors (Lipinski definition) is 5. The smallest absolute Gasteiger partial charge is 0.314 e. The fraction of sp³-hybridized carbons (Fsp3) is 0.600. The summed E-state index contributed by atoms with van der Waals surface area (Å²) in [6.45, 7) is 4.03. The SMILES string of the molecule is C[C@@]12C=C[C@@H]3[C@]4(CCC[C@]3(C)C(=O)O[C@H]4O1)[C@H]2CC(=O)c1ccoc1. The Morgan fingerprint density at radius 2 is 2.16 bits per heavy atom. The lowest BCUT2D eigenvalue weighted by Crippen LogP contribution is -2.62. The second kappa shape index (κ2) is 4.64. The second-order valence-corrected chi connectivity index (χ2v) is 8.45. The summed E-state index contributed by atoms with van der Waals surface area (Å²) in [7, 11) is 0. The van der Waals surface area contributed by atoms with Gasteiger partial charge >= 0.3 is 5.97 Å². The number of ether oxygens (including phenoxy) is 2. The Morgan fingerprint density at radius 3 is 2.92 bits per heavy atom. The Balaban J connectivity index is 1.60. The van der Waals surface area contributed by atoms with Gasteiger partial charge in [0.25, 0.3) is 0 Å². The van der Waals surface area contributed by atoms with E-state index in [4.69, 9.17) is 13.9 Å². The van der Waals surface area contributed by atoms with Gasteiger partial charge in [0.05, 0.1) is 22.8 Å². The highest BCUT2D eigenvalue weighted by Crippen LogP contribution is 2.70. The predicted molar refractivity (Wildman–Crippen MR) is 87.5 cm³/mol. The third-order valence-electron chi connectivity index (χ3n) is 7.24. The Hall–Kier alpha value is -1.88. The van der Waals surface area contributed by atoms with E-state index in [9.17, 15) is 9.59 Å². The third-order valence-corrected chi connectivity index (χ3v) is 7.24. The van der Waals surface area contributed by atoms with Crippen molar-refractivity contribution in [2.45, 2.75) is 51.4 Å². The second-order valence-electron chi connectivity index (χ2n) is 8.45. The van der Waals surface area contributed by atoms with E-state index in [0.29, 0.717) is 12.0 Å². The van der Waals surface area contributed by atoms with Crippen LogP contribution >= 0.6 is 0 Å². The van der Waals surface area contributed by atoms with Crippen molar-refractivity contribution in [2.75, 3.05) is 0 Å². The molecule has 4 aliphatic rings.